The van der Waals surface area contributed by atoms with Gasteiger partial charge in [-0.25, -0.2) is 4.79 Å². The fourth-order valence-corrected chi connectivity index (χ4v) is 9.32. The van der Waals surface area contributed by atoms with Crippen LogP contribution in [0.4, 0.5) is 4.79 Å². The van der Waals surface area contributed by atoms with E-state index in [1.165, 1.54) is 77.0 Å². The van der Waals surface area contributed by atoms with Crippen molar-refractivity contribution in [3.63, 3.8) is 0 Å². The van der Waals surface area contributed by atoms with Crippen LogP contribution in [-0.4, -0.2) is 18.7 Å². The molecule has 3 heteroatoms. The fraction of sp³-hybridized carbons (Fsp3) is 0.912. The standard InChI is InChI=1S/C34H59NO2/c1-24(2)11-7-8-13-26-15-17-30-29-16-14-27-23-28(37-32(36)35-22-10-9-12-25(3)4)18-20-34(27,6)31(29)19-21-33(26,30)5/h14,24-26,28-31H,7-13,15-23H2,1-6H3,(H,35,36). The normalized spacial score (nSPS) is 37.1. The van der Waals surface area contributed by atoms with Crippen molar-refractivity contribution >= 4 is 6.09 Å². The van der Waals surface area contributed by atoms with Gasteiger partial charge in [-0.3, -0.25) is 0 Å². The molecule has 0 spiro atoms. The summed E-state index contributed by atoms with van der Waals surface area (Å²) >= 11 is 0. The van der Waals surface area contributed by atoms with Gasteiger partial charge >= 0.3 is 6.09 Å². The van der Waals surface area contributed by atoms with E-state index in [2.05, 4.69) is 52.9 Å². The van der Waals surface area contributed by atoms with E-state index < -0.39 is 0 Å². The second-order valence-corrected chi connectivity index (χ2v) is 14.8. The Hall–Kier alpha value is -0.990. The van der Waals surface area contributed by atoms with Crippen molar-refractivity contribution in [2.24, 2.45) is 46.3 Å². The van der Waals surface area contributed by atoms with Gasteiger partial charge in [-0.1, -0.05) is 85.3 Å². The topological polar surface area (TPSA) is 38.3 Å². The van der Waals surface area contributed by atoms with Gasteiger partial charge in [-0.15, -0.1) is 0 Å². The second-order valence-electron chi connectivity index (χ2n) is 14.8. The molecule has 212 valence electrons. The van der Waals surface area contributed by atoms with Crippen LogP contribution in [0.1, 0.15) is 138 Å². The number of hydrogen-bond donors (Lipinski definition) is 1. The summed E-state index contributed by atoms with van der Waals surface area (Å²) in [4.78, 5) is 12.4. The number of allylic oxidation sites excluding steroid dienone is 1. The first-order chi connectivity index (χ1) is 17.6. The SMILES string of the molecule is CC(C)CCCCNC(=O)OC1CCC2(C)C(=CCC3C2CCC2(C)C(CCCCC(C)C)CCC32)C1. The van der Waals surface area contributed by atoms with Crippen LogP contribution >= 0.6 is 0 Å². The third-order valence-corrected chi connectivity index (χ3v) is 11.6. The first-order valence-corrected chi connectivity index (χ1v) is 16.3. The first-order valence-electron chi connectivity index (χ1n) is 16.3. The van der Waals surface area contributed by atoms with Crippen molar-refractivity contribution in [2.45, 2.75) is 144 Å². The average molecular weight is 514 g/mol. The summed E-state index contributed by atoms with van der Waals surface area (Å²) in [7, 11) is 0. The van der Waals surface area contributed by atoms with Crippen LogP contribution in [0.2, 0.25) is 0 Å². The van der Waals surface area contributed by atoms with Crippen molar-refractivity contribution < 1.29 is 9.53 Å². The van der Waals surface area contributed by atoms with Crippen LogP contribution in [-0.2, 0) is 4.74 Å². The van der Waals surface area contributed by atoms with E-state index in [1.807, 2.05) is 0 Å². The molecule has 7 atom stereocenters. The van der Waals surface area contributed by atoms with Gasteiger partial charge in [0.05, 0.1) is 0 Å². The van der Waals surface area contributed by atoms with Crippen LogP contribution in [0.25, 0.3) is 0 Å². The highest BCUT2D eigenvalue weighted by molar-refractivity contribution is 5.67. The molecule has 3 saturated carbocycles. The Balaban J connectivity index is 1.29. The molecule has 0 aliphatic heterocycles. The molecule has 37 heavy (non-hydrogen) atoms. The second kappa shape index (κ2) is 12.5. The number of hydrogen-bond acceptors (Lipinski definition) is 2. The Morgan fingerprint density at radius 3 is 2.41 bits per heavy atom. The Bertz CT molecular complexity index is 787. The van der Waals surface area contributed by atoms with Crippen LogP contribution in [0, 0.1) is 46.3 Å². The summed E-state index contributed by atoms with van der Waals surface area (Å²) in [5, 5.41) is 3.01. The van der Waals surface area contributed by atoms with E-state index in [0.29, 0.717) is 10.8 Å². The smallest absolute Gasteiger partial charge is 0.407 e. The maximum absolute atomic E-state index is 12.4. The van der Waals surface area contributed by atoms with Gasteiger partial charge in [0.1, 0.15) is 6.10 Å². The molecule has 0 radical (unpaired) electrons. The molecule has 4 aliphatic rings. The summed E-state index contributed by atoms with van der Waals surface area (Å²) in [5.74, 6) is 5.17. The average Bonchev–Trinajstić information content (AvgIpc) is 3.17. The zero-order valence-electron chi connectivity index (χ0n) is 25.2. The van der Waals surface area contributed by atoms with Gasteiger partial charge in [0.2, 0.25) is 0 Å². The summed E-state index contributed by atoms with van der Waals surface area (Å²) in [6.45, 7) is 15.2. The maximum Gasteiger partial charge on any atom is 0.407 e. The summed E-state index contributed by atoms with van der Waals surface area (Å²) in [6.07, 6.45) is 21.9. The quantitative estimate of drug-likeness (QED) is 0.220. The number of nitrogens with one attached hydrogen (secondary N) is 1. The zero-order chi connectivity index (χ0) is 26.6. The number of rotatable bonds is 11. The lowest BCUT2D eigenvalue weighted by molar-refractivity contribution is -0.0519. The van der Waals surface area contributed by atoms with Crippen LogP contribution in [0.5, 0.6) is 0 Å². The number of ether oxygens (including phenoxy) is 1. The molecule has 0 bridgehead atoms. The highest BCUT2D eigenvalue weighted by Gasteiger charge is 2.58. The first kappa shape index (κ1) is 29.0. The summed E-state index contributed by atoms with van der Waals surface area (Å²) < 4.78 is 5.92. The van der Waals surface area contributed by atoms with Gasteiger partial charge in [-0.2, -0.15) is 0 Å². The predicted molar refractivity (Wildman–Crippen MR) is 155 cm³/mol. The Morgan fingerprint density at radius 1 is 0.946 bits per heavy atom. The molecule has 3 nitrogen and oxygen atoms in total. The highest BCUT2D eigenvalue weighted by atomic mass is 16.6. The molecular formula is C34H59NO2. The molecule has 4 aliphatic carbocycles. The lowest BCUT2D eigenvalue weighted by atomic mass is 9.47. The third kappa shape index (κ3) is 6.60. The Morgan fingerprint density at radius 2 is 1.68 bits per heavy atom. The number of fused-ring (bicyclic) bond motifs is 5. The molecule has 0 aromatic carbocycles. The van der Waals surface area contributed by atoms with E-state index >= 15 is 0 Å². The molecule has 7 unspecified atom stereocenters. The monoisotopic (exact) mass is 513 g/mol. The maximum atomic E-state index is 12.4. The van der Waals surface area contributed by atoms with Gasteiger partial charge in [-0.05, 0) is 104 Å². The van der Waals surface area contributed by atoms with Crippen molar-refractivity contribution in [2.75, 3.05) is 6.54 Å². The van der Waals surface area contributed by atoms with Gasteiger partial charge in [0.15, 0.2) is 0 Å². The van der Waals surface area contributed by atoms with Crippen LogP contribution < -0.4 is 5.32 Å². The van der Waals surface area contributed by atoms with Crippen molar-refractivity contribution in [3.8, 4) is 0 Å². The molecule has 0 heterocycles. The zero-order valence-corrected chi connectivity index (χ0v) is 25.2. The minimum absolute atomic E-state index is 0.0575. The lowest BCUT2D eigenvalue weighted by Crippen LogP contribution is -2.50. The third-order valence-electron chi connectivity index (χ3n) is 11.6. The highest BCUT2D eigenvalue weighted by Crippen LogP contribution is 2.66. The number of unbranched alkanes of at least 4 members (excludes halogenated alkanes) is 2. The van der Waals surface area contributed by atoms with Crippen molar-refractivity contribution in [1.82, 2.24) is 5.32 Å². The molecule has 1 amide bonds. The Kier molecular flexibility index (Phi) is 9.77. The molecule has 3 fully saturated rings. The predicted octanol–water partition coefficient (Wildman–Crippen LogP) is 9.70. The minimum Gasteiger partial charge on any atom is -0.446 e. The van der Waals surface area contributed by atoms with Crippen LogP contribution in [0.15, 0.2) is 11.6 Å². The minimum atomic E-state index is -0.203. The fourth-order valence-electron chi connectivity index (χ4n) is 9.32. The molecule has 0 aromatic rings. The lowest BCUT2D eigenvalue weighted by Gasteiger charge is -2.58. The van der Waals surface area contributed by atoms with Crippen LogP contribution in [0.3, 0.4) is 0 Å². The van der Waals surface area contributed by atoms with Gasteiger partial charge < -0.3 is 10.1 Å². The summed E-state index contributed by atoms with van der Waals surface area (Å²) in [5.41, 5.74) is 2.52. The molecule has 0 saturated heterocycles. The van der Waals surface area contributed by atoms with E-state index in [9.17, 15) is 4.79 Å². The van der Waals surface area contributed by atoms with E-state index in [-0.39, 0.29) is 12.2 Å². The van der Waals surface area contributed by atoms with Gasteiger partial charge in [0, 0.05) is 13.0 Å². The molecule has 4 rings (SSSR count). The number of alkyl carbamates (subject to hydrolysis) is 1. The Labute approximate surface area is 229 Å². The number of amides is 1. The van der Waals surface area contributed by atoms with Crippen molar-refractivity contribution in [1.29, 1.82) is 0 Å². The summed E-state index contributed by atoms with van der Waals surface area (Å²) in [6, 6.07) is 0. The number of carbonyl (C=O) groups is 1. The molecule has 0 aromatic heterocycles. The van der Waals surface area contributed by atoms with E-state index in [1.54, 1.807) is 5.57 Å². The van der Waals surface area contributed by atoms with E-state index in [0.717, 1.165) is 61.3 Å². The number of carbonyl (C=O) groups excluding carboxylic acids is 1. The molecule has 1 N–H and O–H groups in total. The van der Waals surface area contributed by atoms with Gasteiger partial charge in [0.25, 0.3) is 0 Å². The van der Waals surface area contributed by atoms with Crippen molar-refractivity contribution in [3.05, 3.63) is 11.6 Å². The largest absolute Gasteiger partial charge is 0.446 e. The molecular weight excluding hydrogens is 454 g/mol. The van der Waals surface area contributed by atoms with E-state index in [4.69, 9.17) is 4.74 Å².